The van der Waals surface area contributed by atoms with Crippen molar-refractivity contribution in [3.63, 3.8) is 0 Å². The molecule has 5 rings (SSSR count). The minimum Gasteiger partial charge on any atom is -0.477 e. The molecule has 1 heterocycles. The van der Waals surface area contributed by atoms with E-state index < -0.39 is 17.0 Å². The second kappa shape index (κ2) is 8.19. The normalized spacial score (nSPS) is 31.4. The summed E-state index contributed by atoms with van der Waals surface area (Å²) >= 11 is 0. The highest BCUT2D eigenvalue weighted by molar-refractivity contribution is 5.96. The Bertz CT molecular complexity index is 906. The summed E-state index contributed by atoms with van der Waals surface area (Å²) < 4.78 is 22.4. The van der Waals surface area contributed by atoms with E-state index in [1.165, 1.54) is 10.9 Å². The number of alkyl halides is 1. The molecule has 4 aliphatic carbocycles. The van der Waals surface area contributed by atoms with Crippen molar-refractivity contribution in [1.82, 2.24) is 15.1 Å². The maximum Gasteiger partial charge on any atom is 0.258 e. The number of amides is 2. The molecule has 2 amide bonds. The van der Waals surface area contributed by atoms with Gasteiger partial charge in [0.15, 0.2) is 0 Å². The average Bonchev–Trinajstić information content (AvgIpc) is 3.09. The molecule has 2 atom stereocenters. The smallest absolute Gasteiger partial charge is 0.258 e. The lowest BCUT2D eigenvalue weighted by Gasteiger charge is -2.56. The van der Waals surface area contributed by atoms with Crippen LogP contribution in [0.4, 0.5) is 4.39 Å². The van der Waals surface area contributed by atoms with E-state index in [4.69, 9.17) is 10.5 Å². The molecular weight excluding hydrogens is 411 g/mol. The fraction of sp³-hybridized carbons (Fsp3) is 0.708. The number of hydrogen-bond acceptors (Lipinski definition) is 4. The molecule has 0 saturated heterocycles. The van der Waals surface area contributed by atoms with E-state index in [9.17, 15) is 9.59 Å². The Balaban J connectivity index is 1.54. The Morgan fingerprint density at radius 3 is 2.56 bits per heavy atom. The van der Waals surface area contributed by atoms with Crippen LogP contribution in [0.15, 0.2) is 12.3 Å². The molecule has 4 saturated carbocycles. The number of nitrogens with one attached hydrogen (secondary N) is 1. The first-order chi connectivity index (χ1) is 15.0. The van der Waals surface area contributed by atoms with Gasteiger partial charge in [-0.1, -0.05) is 19.9 Å². The molecule has 7 nitrogen and oxygen atoms in total. The van der Waals surface area contributed by atoms with E-state index in [2.05, 4.69) is 10.4 Å². The average molecular weight is 447 g/mol. The quantitative estimate of drug-likeness (QED) is 0.638. The van der Waals surface area contributed by atoms with Gasteiger partial charge >= 0.3 is 0 Å². The van der Waals surface area contributed by atoms with Crippen molar-refractivity contribution in [2.45, 2.75) is 71.5 Å². The first-order valence-corrected chi connectivity index (χ1v) is 11.7. The molecule has 0 aromatic carbocycles. The lowest BCUT2D eigenvalue weighted by Crippen LogP contribution is -2.60. The second-order valence-electron chi connectivity index (χ2n) is 11.0. The number of ether oxygens (including phenoxy) is 1. The van der Waals surface area contributed by atoms with Gasteiger partial charge in [0.1, 0.15) is 11.2 Å². The molecule has 0 spiro atoms. The number of rotatable bonds is 8. The second-order valence-corrected chi connectivity index (χ2v) is 11.0. The van der Waals surface area contributed by atoms with Gasteiger partial charge in [0.2, 0.25) is 11.8 Å². The van der Waals surface area contributed by atoms with Crippen LogP contribution in [-0.4, -0.2) is 39.9 Å². The maximum absolute atomic E-state index is 15.0. The Labute approximate surface area is 188 Å². The fourth-order valence-electron chi connectivity index (χ4n) is 5.73. The zero-order valence-corrected chi connectivity index (χ0v) is 19.4. The highest BCUT2D eigenvalue weighted by Gasteiger charge is 2.56. The van der Waals surface area contributed by atoms with E-state index in [0.29, 0.717) is 43.2 Å². The molecule has 32 heavy (non-hydrogen) atoms. The minimum atomic E-state index is -1.04. The van der Waals surface area contributed by atoms with Gasteiger partial charge in [-0.15, -0.1) is 0 Å². The third-order valence-corrected chi connectivity index (χ3v) is 7.31. The Morgan fingerprint density at radius 1 is 1.34 bits per heavy atom. The number of carbonyl (C=O) groups is 2. The van der Waals surface area contributed by atoms with E-state index in [-0.39, 0.29) is 29.7 Å². The number of aromatic nitrogens is 2. The van der Waals surface area contributed by atoms with Gasteiger partial charge in [0, 0.05) is 12.2 Å². The summed E-state index contributed by atoms with van der Waals surface area (Å²) in [6.45, 7) is 7.88. The molecule has 176 valence electrons. The zero-order chi connectivity index (χ0) is 23.3. The summed E-state index contributed by atoms with van der Waals surface area (Å²) in [6.07, 6.45) is 8.51. The summed E-state index contributed by atoms with van der Waals surface area (Å²) in [7, 11) is 0. The summed E-state index contributed by atoms with van der Waals surface area (Å²) in [6, 6.07) is -0.00596. The number of primary amides is 1. The highest BCUT2D eigenvalue weighted by Crippen LogP contribution is 2.57. The van der Waals surface area contributed by atoms with Crippen molar-refractivity contribution in [3.05, 3.63) is 17.8 Å². The van der Waals surface area contributed by atoms with Crippen LogP contribution in [-0.2, 0) is 4.79 Å². The molecule has 8 heteroatoms. The van der Waals surface area contributed by atoms with E-state index in [1.807, 2.05) is 13.8 Å². The first kappa shape index (κ1) is 22.8. The van der Waals surface area contributed by atoms with E-state index in [1.54, 1.807) is 26.1 Å². The van der Waals surface area contributed by atoms with Crippen LogP contribution >= 0.6 is 0 Å². The predicted molar refractivity (Wildman–Crippen MR) is 120 cm³/mol. The van der Waals surface area contributed by atoms with Gasteiger partial charge in [0.05, 0.1) is 18.2 Å². The van der Waals surface area contributed by atoms with Crippen molar-refractivity contribution < 1.29 is 18.7 Å². The van der Waals surface area contributed by atoms with Gasteiger partial charge in [-0.05, 0) is 69.6 Å². The molecule has 1 aromatic heterocycles. The van der Waals surface area contributed by atoms with Crippen LogP contribution in [0, 0.1) is 29.1 Å². The Morgan fingerprint density at radius 2 is 2.00 bits per heavy atom. The van der Waals surface area contributed by atoms with Gasteiger partial charge in [-0.3, -0.25) is 9.59 Å². The summed E-state index contributed by atoms with van der Waals surface area (Å²) in [4.78, 5) is 24.9. The predicted octanol–water partition coefficient (Wildman–Crippen LogP) is 3.55. The van der Waals surface area contributed by atoms with Gasteiger partial charge in [-0.25, -0.2) is 9.07 Å². The SMILES string of the molecule is CC(C)COc1c(C(=O)NC2C3CC4CC2CC(F)(C4)C3)cnn1/C=C/C(C)(C)C(N)=O. The lowest BCUT2D eigenvalue weighted by atomic mass is 9.53. The Hall–Kier alpha value is -2.38. The van der Waals surface area contributed by atoms with Gasteiger partial charge in [-0.2, -0.15) is 5.10 Å². The summed E-state index contributed by atoms with van der Waals surface area (Å²) in [5.41, 5.74) is 3.89. The number of carbonyl (C=O) groups excluding carboxylic acids is 2. The van der Waals surface area contributed by atoms with Gasteiger partial charge < -0.3 is 15.8 Å². The van der Waals surface area contributed by atoms with Crippen LogP contribution in [0.2, 0.25) is 0 Å². The van der Waals surface area contributed by atoms with Crippen LogP contribution in [0.5, 0.6) is 5.88 Å². The standard InChI is InChI=1S/C24H35FN4O3/c1-14(2)13-32-21-18(12-27-29(21)6-5-23(3,4)22(26)31)20(30)28-19-16-7-15-8-17(19)11-24(25,9-15)10-16/h5-6,12,14-17,19H,7-11,13H2,1-4H3,(H2,26,31)(H,28,30)/b6-5+. The Kier molecular flexibility index (Phi) is 5.84. The fourth-order valence-corrected chi connectivity index (χ4v) is 5.73. The van der Waals surface area contributed by atoms with Crippen LogP contribution in [0.3, 0.4) is 0 Å². The monoisotopic (exact) mass is 446 g/mol. The minimum absolute atomic E-state index is 0.00596. The third-order valence-electron chi connectivity index (χ3n) is 7.31. The summed E-state index contributed by atoms with van der Waals surface area (Å²) in [5, 5.41) is 7.50. The third kappa shape index (κ3) is 4.41. The van der Waals surface area contributed by atoms with Crippen LogP contribution in [0.25, 0.3) is 6.20 Å². The maximum atomic E-state index is 15.0. The number of nitrogens with zero attached hydrogens (tertiary/aromatic N) is 2. The zero-order valence-electron chi connectivity index (χ0n) is 19.4. The molecule has 3 N–H and O–H groups in total. The molecular formula is C24H35FN4O3. The number of nitrogens with two attached hydrogens (primary N) is 1. The molecule has 0 aliphatic heterocycles. The summed E-state index contributed by atoms with van der Waals surface area (Å²) in [5.74, 6) is 0.725. The molecule has 4 bridgehead atoms. The van der Waals surface area contributed by atoms with E-state index in [0.717, 1.165) is 12.8 Å². The van der Waals surface area contributed by atoms with Crippen molar-refractivity contribution in [1.29, 1.82) is 0 Å². The van der Waals surface area contributed by atoms with Crippen molar-refractivity contribution in [2.75, 3.05) is 6.61 Å². The van der Waals surface area contributed by atoms with E-state index >= 15 is 4.39 Å². The van der Waals surface area contributed by atoms with Crippen molar-refractivity contribution >= 4 is 18.0 Å². The number of halogens is 1. The van der Waals surface area contributed by atoms with Crippen molar-refractivity contribution in [2.24, 2.45) is 34.8 Å². The molecule has 1 aromatic rings. The molecule has 2 unspecified atom stereocenters. The van der Waals surface area contributed by atoms with Crippen LogP contribution < -0.4 is 15.8 Å². The van der Waals surface area contributed by atoms with Crippen LogP contribution in [0.1, 0.15) is 70.2 Å². The number of hydrogen-bond donors (Lipinski definition) is 2. The molecule has 4 aliphatic rings. The molecule has 4 fully saturated rings. The topological polar surface area (TPSA) is 99.2 Å². The highest BCUT2D eigenvalue weighted by atomic mass is 19.1. The lowest BCUT2D eigenvalue weighted by molar-refractivity contribution is -0.123. The largest absolute Gasteiger partial charge is 0.477 e. The van der Waals surface area contributed by atoms with Gasteiger partial charge in [0.25, 0.3) is 5.91 Å². The molecule has 0 radical (unpaired) electrons. The first-order valence-electron chi connectivity index (χ1n) is 11.7. The van der Waals surface area contributed by atoms with Crippen molar-refractivity contribution in [3.8, 4) is 5.88 Å².